The van der Waals surface area contributed by atoms with Crippen molar-refractivity contribution in [2.75, 3.05) is 19.1 Å². The number of nitrogens with one attached hydrogen (secondary N) is 1. The van der Waals surface area contributed by atoms with Gasteiger partial charge in [-0.15, -0.1) is 0 Å². The van der Waals surface area contributed by atoms with E-state index in [0.29, 0.717) is 0 Å². The number of benzene rings is 1. The number of aliphatic hydroxyl groups excluding tert-OH is 1. The van der Waals surface area contributed by atoms with E-state index in [4.69, 9.17) is 13.1 Å². The Morgan fingerprint density at radius 2 is 1.62 bits per heavy atom. The number of hydrogen-bond acceptors (Lipinski definition) is 9. The van der Waals surface area contributed by atoms with Crippen LogP contribution in [0.5, 0.6) is 0 Å². The van der Waals surface area contributed by atoms with Crippen molar-refractivity contribution in [3.8, 4) is 0 Å². The first-order valence-electron chi connectivity index (χ1n) is 7.38. The van der Waals surface area contributed by atoms with E-state index in [2.05, 4.69) is 5.32 Å². The van der Waals surface area contributed by atoms with Gasteiger partial charge in [-0.1, -0.05) is 18.2 Å². The first kappa shape index (κ1) is 20.7. The number of ether oxygens (including phenoxy) is 1. The van der Waals surface area contributed by atoms with E-state index in [1.807, 2.05) is 0 Å². The molecule has 1 amide bonds. The summed E-state index contributed by atoms with van der Waals surface area (Å²) in [6, 6.07) is 6.96. The SMILES string of the molecule is CS(=O)(=O)O[C@H]1[C@H](OS(C)(=O)=O)[C@H](NC(=O)c2ccccc2)CO[C@H]1O. The summed E-state index contributed by atoms with van der Waals surface area (Å²) >= 11 is 0. The number of hydrogen-bond donors (Lipinski definition) is 2. The van der Waals surface area contributed by atoms with Crippen LogP contribution in [-0.4, -0.2) is 71.5 Å². The molecular formula is C14H19NO9S2. The molecule has 0 saturated carbocycles. The van der Waals surface area contributed by atoms with E-state index < -0.39 is 50.7 Å². The second-order valence-electron chi connectivity index (χ2n) is 5.70. The maximum Gasteiger partial charge on any atom is 0.264 e. The molecule has 26 heavy (non-hydrogen) atoms. The molecule has 1 saturated heterocycles. The first-order valence-corrected chi connectivity index (χ1v) is 11.0. The lowest BCUT2D eigenvalue weighted by Gasteiger charge is -2.38. The van der Waals surface area contributed by atoms with Crippen LogP contribution in [0, 0.1) is 0 Å². The van der Waals surface area contributed by atoms with E-state index >= 15 is 0 Å². The smallest absolute Gasteiger partial charge is 0.264 e. The highest BCUT2D eigenvalue weighted by Crippen LogP contribution is 2.23. The maximum atomic E-state index is 12.3. The molecule has 1 heterocycles. The van der Waals surface area contributed by atoms with Crippen LogP contribution in [0.1, 0.15) is 10.4 Å². The Morgan fingerprint density at radius 1 is 1.08 bits per heavy atom. The minimum atomic E-state index is -4.08. The highest BCUT2D eigenvalue weighted by Gasteiger charge is 2.46. The van der Waals surface area contributed by atoms with Gasteiger partial charge in [0.2, 0.25) is 0 Å². The number of carbonyl (C=O) groups excluding carboxylic acids is 1. The highest BCUT2D eigenvalue weighted by atomic mass is 32.2. The predicted octanol–water partition coefficient (Wildman–Crippen LogP) is -1.18. The second kappa shape index (κ2) is 7.98. The largest absolute Gasteiger partial charge is 0.366 e. The zero-order valence-corrected chi connectivity index (χ0v) is 15.6. The molecule has 1 aromatic carbocycles. The Balaban J connectivity index is 2.28. The molecule has 0 spiro atoms. The van der Waals surface area contributed by atoms with Gasteiger partial charge < -0.3 is 15.2 Å². The molecule has 1 aliphatic heterocycles. The molecule has 1 aliphatic rings. The van der Waals surface area contributed by atoms with Crippen molar-refractivity contribution < 1.29 is 39.8 Å². The Hall–Kier alpha value is -1.57. The standard InChI is InChI=1S/C14H19NO9S2/c1-25(18,19)23-11-10(15-13(16)9-6-4-3-5-7-9)8-22-14(17)12(11)24-26(2,20)21/h3-7,10-12,14,17H,8H2,1-2H3,(H,15,16)/t10-,11-,12+,14-/m1/s1. The van der Waals surface area contributed by atoms with Gasteiger partial charge in [0.1, 0.15) is 6.10 Å². The fourth-order valence-electron chi connectivity index (χ4n) is 2.38. The van der Waals surface area contributed by atoms with Gasteiger partial charge >= 0.3 is 0 Å². The minimum Gasteiger partial charge on any atom is -0.366 e. The summed E-state index contributed by atoms with van der Waals surface area (Å²) in [5.41, 5.74) is 0.289. The van der Waals surface area contributed by atoms with Crippen LogP contribution in [-0.2, 0) is 33.3 Å². The lowest BCUT2D eigenvalue weighted by molar-refractivity contribution is -0.213. The van der Waals surface area contributed by atoms with Crippen molar-refractivity contribution >= 4 is 26.1 Å². The molecular weight excluding hydrogens is 390 g/mol. The van der Waals surface area contributed by atoms with Crippen LogP contribution >= 0.6 is 0 Å². The Bertz CT molecular complexity index is 838. The fourth-order valence-corrected chi connectivity index (χ4v) is 3.63. The third kappa shape index (κ3) is 6.00. The number of aliphatic hydroxyl groups is 1. The van der Waals surface area contributed by atoms with E-state index in [1.54, 1.807) is 18.2 Å². The third-order valence-corrected chi connectivity index (χ3v) is 4.52. The van der Waals surface area contributed by atoms with Crippen molar-refractivity contribution in [1.29, 1.82) is 0 Å². The van der Waals surface area contributed by atoms with E-state index in [0.717, 1.165) is 12.5 Å². The summed E-state index contributed by atoms with van der Waals surface area (Å²) < 4.78 is 60.6. The lowest BCUT2D eigenvalue weighted by Crippen LogP contribution is -2.61. The van der Waals surface area contributed by atoms with Gasteiger partial charge in [0.05, 0.1) is 25.2 Å². The molecule has 1 aromatic rings. The Morgan fingerprint density at radius 3 is 2.15 bits per heavy atom. The fraction of sp³-hybridized carbons (Fsp3) is 0.500. The van der Waals surface area contributed by atoms with E-state index in [9.17, 15) is 26.7 Å². The van der Waals surface area contributed by atoms with Gasteiger partial charge in [0.15, 0.2) is 12.4 Å². The average molecular weight is 409 g/mol. The molecule has 2 N–H and O–H groups in total. The maximum absolute atomic E-state index is 12.3. The first-order chi connectivity index (χ1) is 12.0. The van der Waals surface area contributed by atoms with Gasteiger partial charge in [0, 0.05) is 5.56 Å². The highest BCUT2D eigenvalue weighted by molar-refractivity contribution is 7.86. The number of amides is 1. The van der Waals surface area contributed by atoms with Gasteiger partial charge in [-0.2, -0.15) is 16.8 Å². The normalized spacial score (nSPS) is 27.0. The Kier molecular flexibility index (Phi) is 6.37. The zero-order valence-electron chi connectivity index (χ0n) is 13.9. The number of carbonyl (C=O) groups is 1. The second-order valence-corrected chi connectivity index (χ2v) is 8.90. The lowest BCUT2D eigenvalue weighted by atomic mass is 10.0. The zero-order chi connectivity index (χ0) is 19.5. The van der Waals surface area contributed by atoms with Crippen LogP contribution < -0.4 is 5.32 Å². The molecule has 0 aromatic heterocycles. The summed E-state index contributed by atoms with van der Waals surface area (Å²) in [5, 5.41) is 12.4. The summed E-state index contributed by atoms with van der Waals surface area (Å²) in [6.45, 7) is -0.316. The van der Waals surface area contributed by atoms with E-state index in [-0.39, 0.29) is 12.2 Å². The van der Waals surface area contributed by atoms with Gasteiger partial charge in [-0.25, -0.2) is 0 Å². The van der Waals surface area contributed by atoms with Crippen LogP contribution in [0.4, 0.5) is 0 Å². The van der Waals surface area contributed by atoms with Crippen molar-refractivity contribution in [2.45, 2.75) is 24.5 Å². The van der Waals surface area contributed by atoms with Crippen molar-refractivity contribution in [2.24, 2.45) is 0 Å². The van der Waals surface area contributed by atoms with Crippen LogP contribution in [0.2, 0.25) is 0 Å². The third-order valence-electron chi connectivity index (χ3n) is 3.37. The average Bonchev–Trinajstić information content (AvgIpc) is 2.52. The molecule has 2 rings (SSSR count). The van der Waals surface area contributed by atoms with Crippen LogP contribution in [0.15, 0.2) is 30.3 Å². The quantitative estimate of drug-likeness (QED) is 0.555. The predicted molar refractivity (Wildman–Crippen MR) is 89.1 cm³/mol. The van der Waals surface area contributed by atoms with E-state index in [1.165, 1.54) is 12.1 Å². The summed E-state index contributed by atoms with van der Waals surface area (Å²) in [5.74, 6) is -0.559. The van der Waals surface area contributed by atoms with Crippen LogP contribution in [0.3, 0.4) is 0 Å². The molecule has 1 fully saturated rings. The van der Waals surface area contributed by atoms with Gasteiger partial charge in [-0.3, -0.25) is 13.2 Å². The monoisotopic (exact) mass is 409 g/mol. The summed E-state index contributed by atoms with van der Waals surface area (Å²) in [6.07, 6.45) is -3.49. The van der Waals surface area contributed by atoms with Crippen molar-refractivity contribution in [1.82, 2.24) is 5.32 Å². The molecule has 12 heteroatoms. The molecule has 0 bridgehead atoms. The Labute approximate surface area is 151 Å². The summed E-state index contributed by atoms with van der Waals surface area (Å²) in [7, 11) is -8.14. The molecule has 146 valence electrons. The molecule has 4 atom stereocenters. The number of rotatable bonds is 6. The molecule has 10 nitrogen and oxygen atoms in total. The van der Waals surface area contributed by atoms with Crippen LogP contribution in [0.25, 0.3) is 0 Å². The molecule has 0 unspecified atom stereocenters. The minimum absolute atomic E-state index is 0.289. The summed E-state index contributed by atoms with van der Waals surface area (Å²) in [4.78, 5) is 12.3. The topological polar surface area (TPSA) is 145 Å². The van der Waals surface area contributed by atoms with Crippen molar-refractivity contribution in [3.63, 3.8) is 0 Å². The molecule has 0 aliphatic carbocycles. The van der Waals surface area contributed by atoms with Crippen molar-refractivity contribution in [3.05, 3.63) is 35.9 Å². The molecule has 0 radical (unpaired) electrons. The van der Waals surface area contributed by atoms with Gasteiger partial charge in [0.25, 0.3) is 26.1 Å². The van der Waals surface area contributed by atoms with Gasteiger partial charge in [-0.05, 0) is 12.1 Å².